The Morgan fingerprint density at radius 2 is 2.00 bits per heavy atom. The first-order chi connectivity index (χ1) is 2.81. The van der Waals surface area contributed by atoms with Crippen LogP contribution in [0, 0.1) is 12.8 Å². The summed E-state index contributed by atoms with van der Waals surface area (Å²) in [5.74, 6) is 0.824. The van der Waals surface area contributed by atoms with Gasteiger partial charge in [-0.25, -0.2) is 0 Å². The molecule has 1 radical (unpaired) electrons. The monoisotopic (exact) mass is 115 g/mol. The van der Waals surface area contributed by atoms with E-state index in [0.717, 1.165) is 12.3 Å². The molecule has 0 fully saturated rings. The Morgan fingerprint density at radius 1 is 1.57 bits per heavy atom. The first kappa shape index (κ1) is 10.5. The first-order valence-electron chi connectivity index (χ1n) is 2.60. The summed E-state index contributed by atoms with van der Waals surface area (Å²) in [5.41, 5.74) is 0. The largest absolute Gasteiger partial charge is 0.187 e. The molecule has 0 aromatic rings. The van der Waals surface area contributed by atoms with E-state index in [0.29, 0.717) is 0 Å². The van der Waals surface area contributed by atoms with Gasteiger partial charge in [0.2, 0.25) is 0 Å². The lowest BCUT2D eigenvalue weighted by Gasteiger charge is -1.98. The van der Waals surface area contributed by atoms with Crippen molar-refractivity contribution in [2.45, 2.75) is 26.7 Å². The molecule has 0 N–H and O–H groups in total. The zero-order valence-corrected chi connectivity index (χ0v) is 4.70. The van der Waals surface area contributed by atoms with Gasteiger partial charge in [0.25, 0.3) is 0 Å². The Balaban J connectivity index is 0. The van der Waals surface area contributed by atoms with Gasteiger partial charge >= 0.3 is 0 Å². The summed E-state index contributed by atoms with van der Waals surface area (Å²) in [7, 11) is 0. The smallest absolute Gasteiger partial charge is 0.0651 e. The molecule has 0 aromatic heterocycles. The lowest BCUT2D eigenvalue weighted by Crippen LogP contribution is -1.85. The van der Waals surface area contributed by atoms with Crippen molar-refractivity contribution in [2.24, 2.45) is 5.92 Å². The standard InChI is InChI=1S/C6H13.Al.3H/c1-4-6(3)5-2;;;;/h6H,1,4-5H2,2-3H3;;;;. The molecule has 0 saturated heterocycles. The van der Waals surface area contributed by atoms with Crippen LogP contribution in [0.25, 0.3) is 0 Å². The van der Waals surface area contributed by atoms with Crippen molar-refractivity contribution in [1.29, 1.82) is 0 Å². The highest BCUT2D eigenvalue weighted by Gasteiger charge is 1.88. The highest BCUT2D eigenvalue weighted by Crippen LogP contribution is 2.02. The maximum atomic E-state index is 3.76. The topological polar surface area (TPSA) is 0 Å². The molecular weight excluding hydrogens is 99.0 g/mol. The molecule has 1 unspecified atom stereocenters. The average molecular weight is 115 g/mol. The zero-order valence-electron chi connectivity index (χ0n) is 4.70. The van der Waals surface area contributed by atoms with E-state index in [1.165, 1.54) is 6.42 Å². The molecular formula is C6H16Al. The highest BCUT2D eigenvalue weighted by atomic mass is 27.0. The van der Waals surface area contributed by atoms with E-state index in [1.54, 1.807) is 0 Å². The van der Waals surface area contributed by atoms with E-state index in [-0.39, 0.29) is 17.4 Å². The van der Waals surface area contributed by atoms with Gasteiger partial charge in [0.15, 0.2) is 17.4 Å². The maximum Gasteiger partial charge on any atom is 0.187 e. The predicted molar refractivity (Wildman–Crippen MR) is 39.4 cm³/mol. The molecule has 0 bridgehead atoms. The lowest BCUT2D eigenvalue weighted by atomic mass is 10.1. The molecule has 0 aliphatic carbocycles. The Hall–Kier alpha value is 0.532. The number of rotatable bonds is 2. The molecule has 43 valence electrons. The fourth-order valence-corrected chi connectivity index (χ4v) is 0.204. The fraction of sp³-hybridized carbons (Fsp3) is 0.833. The minimum absolute atomic E-state index is 0. The Kier molecular flexibility index (Phi) is 9.80. The molecule has 1 atom stereocenters. The molecule has 0 rings (SSSR count). The lowest BCUT2D eigenvalue weighted by molar-refractivity contribution is 0.570. The van der Waals surface area contributed by atoms with Crippen LogP contribution in [0.4, 0.5) is 0 Å². The molecule has 7 heavy (non-hydrogen) atoms. The van der Waals surface area contributed by atoms with Crippen molar-refractivity contribution in [1.82, 2.24) is 0 Å². The Morgan fingerprint density at radius 3 is 2.00 bits per heavy atom. The summed E-state index contributed by atoms with van der Waals surface area (Å²) >= 11 is 0. The minimum atomic E-state index is 0. The van der Waals surface area contributed by atoms with Gasteiger partial charge in [-0.15, -0.1) is 0 Å². The van der Waals surface area contributed by atoms with E-state index >= 15 is 0 Å². The molecule has 0 nitrogen and oxygen atoms in total. The SMILES string of the molecule is [AlH3].[CH2]CC(C)CC. The quantitative estimate of drug-likeness (QED) is 0.472. The van der Waals surface area contributed by atoms with Gasteiger partial charge < -0.3 is 0 Å². The molecule has 0 aromatic carbocycles. The second-order valence-electron chi connectivity index (χ2n) is 1.80. The summed E-state index contributed by atoms with van der Waals surface area (Å²) in [6.45, 7) is 8.16. The summed E-state index contributed by atoms with van der Waals surface area (Å²) in [6.07, 6.45) is 2.35. The van der Waals surface area contributed by atoms with Gasteiger partial charge in [0.05, 0.1) is 0 Å². The molecule has 0 aliphatic rings. The van der Waals surface area contributed by atoms with Gasteiger partial charge in [-0.1, -0.05) is 33.6 Å². The van der Waals surface area contributed by atoms with E-state index in [4.69, 9.17) is 0 Å². The number of hydrogen-bond donors (Lipinski definition) is 0. The molecule has 0 saturated carbocycles. The van der Waals surface area contributed by atoms with Crippen LogP contribution in [0.3, 0.4) is 0 Å². The molecule has 0 heterocycles. The van der Waals surface area contributed by atoms with Crippen LogP contribution in [0.15, 0.2) is 0 Å². The van der Waals surface area contributed by atoms with E-state index < -0.39 is 0 Å². The van der Waals surface area contributed by atoms with Gasteiger partial charge in [0, 0.05) is 0 Å². The maximum absolute atomic E-state index is 3.76. The predicted octanol–water partition coefficient (Wildman–Crippen LogP) is 1.07. The van der Waals surface area contributed by atoms with E-state index in [9.17, 15) is 0 Å². The van der Waals surface area contributed by atoms with Crippen molar-refractivity contribution >= 4 is 17.4 Å². The Bertz CT molecular complexity index is 23.4. The average Bonchev–Trinajstić information content (AvgIpc) is 1.65. The third-order valence-corrected chi connectivity index (χ3v) is 1.19. The van der Waals surface area contributed by atoms with Crippen LogP contribution < -0.4 is 0 Å². The molecule has 0 amide bonds. The van der Waals surface area contributed by atoms with Crippen molar-refractivity contribution < 1.29 is 0 Å². The van der Waals surface area contributed by atoms with Crippen molar-refractivity contribution in [2.75, 3.05) is 0 Å². The van der Waals surface area contributed by atoms with Crippen LogP contribution >= 0.6 is 0 Å². The van der Waals surface area contributed by atoms with Gasteiger partial charge in [-0.3, -0.25) is 0 Å². The van der Waals surface area contributed by atoms with Crippen molar-refractivity contribution in [3.05, 3.63) is 6.92 Å². The summed E-state index contributed by atoms with van der Waals surface area (Å²) < 4.78 is 0. The van der Waals surface area contributed by atoms with Crippen LogP contribution in [0.5, 0.6) is 0 Å². The van der Waals surface area contributed by atoms with Crippen LogP contribution in [-0.2, 0) is 0 Å². The van der Waals surface area contributed by atoms with Crippen LogP contribution in [0.2, 0.25) is 0 Å². The third kappa shape index (κ3) is 6.53. The minimum Gasteiger partial charge on any atom is -0.0651 e. The van der Waals surface area contributed by atoms with Gasteiger partial charge in [0.1, 0.15) is 0 Å². The van der Waals surface area contributed by atoms with Crippen LogP contribution in [-0.4, -0.2) is 17.4 Å². The summed E-state index contributed by atoms with van der Waals surface area (Å²) in [4.78, 5) is 0. The summed E-state index contributed by atoms with van der Waals surface area (Å²) in [5, 5.41) is 0. The summed E-state index contributed by atoms with van der Waals surface area (Å²) in [6, 6.07) is 0. The molecule has 0 aliphatic heterocycles. The second kappa shape index (κ2) is 6.53. The number of hydrogen-bond acceptors (Lipinski definition) is 0. The second-order valence-corrected chi connectivity index (χ2v) is 1.80. The van der Waals surface area contributed by atoms with Crippen molar-refractivity contribution in [3.63, 3.8) is 0 Å². The third-order valence-electron chi connectivity index (χ3n) is 1.19. The highest BCUT2D eigenvalue weighted by molar-refractivity contribution is 5.75. The Labute approximate surface area is 57.4 Å². The fourth-order valence-electron chi connectivity index (χ4n) is 0.204. The van der Waals surface area contributed by atoms with Crippen LogP contribution in [0.1, 0.15) is 26.7 Å². The van der Waals surface area contributed by atoms with E-state index in [2.05, 4.69) is 20.8 Å². The van der Waals surface area contributed by atoms with E-state index in [1.807, 2.05) is 0 Å². The van der Waals surface area contributed by atoms with Crippen molar-refractivity contribution in [3.8, 4) is 0 Å². The normalized spacial score (nSPS) is 8.57. The molecule has 0 spiro atoms. The van der Waals surface area contributed by atoms with Gasteiger partial charge in [-0.05, 0) is 5.92 Å². The zero-order chi connectivity index (χ0) is 4.99. The first-order valence-corrected chi connectivity index (χ1v) is 2.60. The molecule has 1 heteroatoms. The van der Waals surface area contributed by atoms with Gasteiger partial charge in [-0.2, -0.15) is 0 Å².